The van der Waals surface area contributed by atoms with Gasteiger partial charge in [0.1, 0.15) is 0 Å². The number of nitrogens with two attached hydrogens (primary N) is 1. The summed E-state index contributed by atoms with van der Waals surface area (Å²) in [7, 11) is -3.53. The maximum absolute atomic E-state index is 11.6. The van der Waals surface area contributed by atoms with Crippen LogP contribution >= 0.6 is 0 Å². The van der Waals surface area contributed by atoms with Crippen LogP contribution in [0.1, 0.15) is 26.7 Å². The normalized spacial score (nSPS) is 21.4. The Hall–Kier alpha value is -1.15. The summed E-state index contributed by atoms with van der Waals surface area (Å²) < 4.78 is 22.7. The highest BCUT2D eigenvalue weighted by Crippen LogP contribution is 2.34. The summed E-state index contributed by atoms with van der Waals surface area (Å²) in [5.41, 5.74) is 1.93. The van der Waals surface area contributed by atoms with Crippen LogP contribution in [0, 0.1) is 0 Å². The second-order valence-corrected chi connectivity index (χ2v) is 6.48. The van der Waals surface area contributed by atoms with E-state index in [-0.39, 0.29) is 25.3 Å². The number of carbonyl (C=O) groups excluding carboxylic acids is 2. The Morgan fingerprint density at radius 1 is 1.50 bits per heavy atom. The summed E-state index contributed by atoms with van der Waals surface area (Å²) in [6.07, 6.45) is 0.361. The Bertz CT molecular complexity index is 415. The van der Waals surface area contributed by atoms with Crippen LogP contribution in [-0.4, -0.2) is 35.8 Å². The maximum atomic E-state index is 11.6. The Balaban J connectivity index is 2.53. The lowest BCUT2D eigenvalue weighted by Gasteiger charge is -2.43. The molecule has 0 aromatic carbocycles. The van der Waals surface area contributed by atoms with E-state index in [4.69, 9.17) is 5.84 Å². The molecule has 1 rings (SSSR count). The third-order valence-corrected chi connectivity index (χ3v) is 5.00. The number of hydrogen-bond acceptors (Lipinski definition) is 5. The number of hydrogen-bond donors (Lipinski definition) is 2. The smallest absolute Gasteiger partial charge is 0.258 e. The van der Waals surface area contributed by atoms with Crippen LogP contribution in [0.25, 0.3) is 0 Å². The molecule has 0 atom stereocenters. The van der Waals surface area contributed by atoms with Gasteiger partial charge in [-0.25, -0.2) is 18.6 Å². The summed E-state index contributed by atoms with van der Waals surface area (Å²) in [4.78, 5) is 22.2. The van der Waals surface area contributed by atoms with Crippen molar-refractivity contribution in [3.63, 3.8) is 0 Å². The van der Waals surface area contributed by atoms with Crippen molar-refractivity contribution in [1.29, 1.82) is 0 Å². The van der Waals surface area contributed by atoms with Gasteiger partial charge in [-0.2, -0.15) is 0 Å². The molecule has 1 heterocycles. The number of nitrogens with zero attached hydrogens (tertiary/aromatic N) is 1. The molecule has 1 aliphatic heterocycles. The Morgan fingerprint density at radius 2 is 2.06 bits per heavy atom. The summed E-state index contributed by atoms with van der Waals surface area (Å²) in [6.45, 7) is 2.76. The third-order valence-electron chi connectivity index (χ3n) is 2.60. The lowest BCUT2D eigenvalue weighted by molar-refractivity contribution is -0.132. The van der Waals surface area contributed by atoms with Crippen molar-refractivity contribution < 1.29 is 18.0 Å². The Kier molecular flexibility index (Phi) is 3.25. The van der Waals surface area contributed by atoms with Crippen molar-refractivity contribution in [3.05, 3.63) is 0 Å². The summed E-state index contributed by atoms with van der Waals surface area (Å²) in [5, 5.41) is 0. The van der Waals surface area contributed by atoms with Gasteiger partial charge in [0.15, 0.2) is 4.75 Å². The predicted octanol–water partition coefficient (Wildman–Crippen LogP) is -1.29. The zero-order valence-corrected chi connectivity index (χ0v) is 10.0. The first-order valence-corrected chi connectivity index (χ1v) is 6.25. The van der Waals surface area contributed by atoms with E-state index in [1.54, 1.807) is 0 Å². The van der Waals surface area contributed by atoms with E-state index in [9.17, 15) is 18.0 Å². The molecule has 0 bridgehead atoms. The zero-order chi connectivity index (χ0) is 12.6. The van der Waals surface area contributed by atoms with Gasteiger partial charge in [0.2, 0.25) is 5.91 Å². The third kappa shape index (κ3) is 1.78. The first-order valence-electron chi connectivity index (χ1n) is 4.81. The van der Waals surface area contributed by atoms with Gasteiger partial charge >= 0.3 is 0 Å². The molecule has 0 saturated carbocycles. The van der Waals surface area contributed by atoms with E-state index in [0.29, 0.717) is 0 Å². The molecule has 92 valence electrons. The van der Waals surface area contributed by atoms with Crippen LogP contribution in [0.2, 0.25) is 0 Å². The molecular formula is C8H15N3O4S. The zero-order valence-electron chi connectivity index (χ0n) is 9.19. The number of hydrazine groups is 1. The number of nitrogens with one attached hydrogen (secondary N) is 1. The minimum Gasteiger partial charge on any atom is -0.294 e. The summed E-state index contributed by atoms with van der Waals surface area (Å²) in [5.74, 6) is 4.05. The monoisotopic (exact) mass is 249 g/mol. The lowest BCUT2D eigenvalue weighted by Crippen LogP contribution is -2.67. The second-order valence-electron chi connectivity index (χ2n) is 4.06. The highest BCUT2D eigenvalue weighted by Gasteiger charge is 2.59. The molecule has 0 spiro atoms. The van der Waals surface area contributed by atoms with Crippen LogP contribution in [0.5, 0.6) is 0 Å². The average Bonchev–Trinajstić information content (AvgIpc) is 2.22. The molecule has 1 saturated heterocycles. The van der Waals surface area contributed by atoms with Crippen LogP contribution in [0.15, 0.2) is 0 Å². The molecular weight excluding hydrogens is 234 g/mol. The fourth-order valence-electron chi connectivity index (χ4n) is 1.43. The van der Waals surface area contributed by atoms with Gasteiger partial charge in [-0.1, -0.05) is 0 Å². The molecule has 2 amide bonds. The standard InChI is InChI=1S/C8H15N3O4S/c1-8(2)7(13)11(16(8,14)15)5-3-4-6(12)10-9/h3-5,9H2,1-2H3,(H,10,12). The average molecular weight is 249 g/mol. The summed E-state index contributed by atoms with van der Waals surface area (Å²) in [6, 6.07) is 0. The Morgan fingerprint density at radius 3 is 2.50 bits per heavy atom. The highest BCUT2D eigenvalue weighted by molar-refractivity contribution is 7.94. The molecule has 1 aliphatic rings. The van der Waals surface area contributed by atoms with Crippen LogP contribution < -0.4 is 11.3 Å². The van der Waals surface area contributed by atoms with Crippen molar-refractivity contribution in [2.24, 2.45) is 5.84 Å². The van der Waals surface area contributed by atoms with Gasteiger partial charge < -0.3 is 0 Å². The maximum Gasteiger partial charge on any atom is 0.258 e. The van der Waals surface area contributed by atoms with Crippen molar-refractivity contribution >= 4 is 21.8 Å². The van der Waals surface area contributed by atoms with E-state index in [1.807, 2.05) is 5.43 Å². The lowest BCUT2D eigenvalue weighted by atomic mass is 10.2. The Labute approximate surface area is 94.0 Å². The van der Waals surface area contributed by atoms with Crippen LogP contribution in [-0.2, 0) is 19.6 Å². The van der Waals surface area contributed by atoms with E-state index in [1.165, 1.54) is 13.8 Å². The molecule has 0 aromatic heterocycles. The minimum atomic E-state index is -3.53. The van der Waals surface area contributed by atoms with Gasteiger partial charge in [0.25, 0.3) is 15.9 Å². The number of amides is 2. The first-order chi connectivity index (χ1) is 7.25. The van der Waals surface area contributed by atoms with Crippen molar-refractivity contribution in [2.75, 3.05) is 6.54 Å². The molecule has 0 radical (unpaired) electrons. The highest BCUT2D eigenvalue weighted by atomic mass is 32.2. The molecule has 16 heavy (non-hydrogen) atoms. The van der Waals surface area contributed by atoms with E-state index < -0.39 is 20.7 Å². The minimum absolute atomic E-state index is 0.0258. The molecule has 7 nitrogen and oxygen atoms in total. The molecule has 8 heteroatoms. The van der Waals surface area contributed by atoms with Gasteiger partial charge in [0.05, 0.1) is 0 Å². The van der Waals surface area contributed by atoms with Crippen molar-refractivity contribution in [2.45, 2.75) is 31.4 Å². The van der Waals surface area contributed by atoms with Crippen molar-refractivity contribution in [3.8, 4) is 0 Å². The molecule has 0 unspecified atom stereocenters. The van der Waals surface area contributed by atoms with Crippen LogP contribution in [0.3, 0.4) is 0 Å². The fraction of sp³-hybridized carbons (Fsp3) is 0.750. The fourth-order valence-corrected chi connectivity index (χ4v) is 3.00. The number of rotatable bonds is 4. The molecule has 1 fully saturated rings. The quantitative estimate of drug-likeness (QED) is 0.366. The molecule has 0 aliphatic carbocycles. The van der Waals surface area contributed by atoms with E-state index in [0.717, 1.165) is 4.31 Å². The van der Waals surface area contributed by atoms with E-state index >= 15 is 0 Å². The number of sulfonamides is 1. The largest absolute Gasteiger partial charge is 0.294 e. The van der Waals surface area contributed by atoms with Gasteiger partial charge in [-0.05, 0) is 20.3 Å². The molecule has 3 N–H and O–H groups in total. The predicted molar refractivity (Wildman–Crippen MR) is 56.3 cm³/mol. The SMILES string of the molecule is CC1(C)C(=O)N(CCCC(=O)NN)S1(=O)=O. The van der Waals surface area contributed by atoms with Gasteiger partial charge in [-0.15, -0.1) is 0 Å². The van der Waals surface area contributed by atoms with Crippen molar-refractivity contribution in [1.82, 2.24) is 9.73 Å². The topological polar surface area (TPSA) is 110 Å². The summed E-state index contributed by atoms with van der Waals surface area (Å²) >= 11 is 0. The molecule has 0 aromatic rings. The second kappa shape index (κ2) is 4.02. The van der Waals surface area contributed by atoms with Gasteiger partial charge in [-0.3, -0.25) is 15.0 Å². The first kappa shape index (κ1) is 12.9. The number of carbonyl (C=O) groups is 2. The van der Waals surface area contributed by atoms with E-state index in [2.05, 4.69) is 0 Å². The van der Waals surface area contributed by atoms with Crippen LogP contribution in [0.4, 0.5) is 0 Å². The van der Waals surface area contributed by atoms with Gasteiger partial charge in [0, 0.05) is 13.0 Å².